The number of nitrogens with two attached hydrogens (primary N) is 1. The van der Waals surface area contributed by atoms with E-state index in [2.05, 4.69) is 15.2 Å². The van der Waals surface area contributed by atoms with Gasteiger partial charge in [-0.2, -0.15) is 9.40 Å². The smallest absolute Gasteiger partial charge is 0.243 e. The monoisotopic (exact) mass is 281 g/mol. The third-order valence-corrected chi connectivity index (χ3v) is 4.80. The summed E-state index contributed by atoms with van der Waals surface area (Å²) in [4.78, 5) is 4.11. The third kappa shape index (κ3) is 2.59. The lowest BCUT2D eigenvalue weighted by Gasteiger charge is -2.17. The Balaban J connectivity index is 2.34. The number of nitrogens with one attached hydrogen (secondary N) is 1. The van der Waals surface area contributed by atoms with Crippen LogP contribution in [0.3, 0.4) is 0 Å². The number of anilines is 1. The Morgan fingerprint density at radius 3 is 2.79 bits per heavy atom. The molecule has 1 aromatic heterocycles. The molecule has 2 aromatic rings. The number of aromatic amines is 1. The molecule has 0 spiro atoms. The number of rotatable bonds is 4. The van der Waals surface area contributed by atoms with Gasteiger partial charge in [0.25, 0.3) is 0 Å². The number of sulfonamides is 1. The maximum absolute atomic E-state index is 12.4. The summed E-state index contributed by atoms with van der Waals surface area (Å²) in [6, 6.07) is 4.83. The fourth-order valence-corrected chi connectivity index (χ4v) is 3.06. The van der Waals surface area contributed by atoms with Gasteiger partial charge in [-0.15, -0.1) is 0 Å². The van der Waals surface area contributed by atoms with Gasteiger partial charge in [-0.3, -0.25) is 5.10 Å². The topological polar surface area (TPSA) is 105 Å². The first kappa shape index (κ1) is 13.5. The summed E-state index contributed by atoms with van der Waals surface area (Å²) in [5.41, 5.74) is 6.74. The number of hydrogen-bond acceptors (Lipinski definition) is 5. The van der Waals surface area contributed by atoms with Crippen molar-refractivity contribution in [2.24, 2.45) is 0 Å². The van der Waals surface area contributed by atoms with Crippen LogP contribution in [0.25, 0.3) is 0 Å². The molecule has 0 aliphatic heterocycles. The fourth-order valence-electron chi connectivity index (χ4n) is 1.68. The highest BCUT2D eigenvalue weighted by molar-refractivity contribution is 7.89. The van der Waals surface area contributed by atoms with Gasteiger partial charge >= 0.3 is 0 Å². The van der Waals surface area contributed by atoms with Gasteiger partial charge in [0.2, 0.25) is 10.0 Å². The first-order valence-electron chi connectivity index (χ1n) is 5.58. The molecule has 0 atom stereocenters. The highest BCUT2D eigenvalue weighted by atomic mass is 32.2. The Morgan fingerprint density at radius 2 is 2.16 bits per heavy atom. The molecule has 7 nitrogen and oxygen atoms in total. The summed E-state index contributed by atoms with van der Waals surface area (Å²) in [5.74, 6) is 0.479. The van der Waals surface area contributed by atoms with Crippen LogP contribution in [0, 0.1) is 6.92 Å². The average molecular weight is 281 g/mol. The van der Waals surface area contributed by atoms with E-state index in [0.717, 1.165) is 0 Å². The van der Waals surface area contributed by atoms with Gasteiger partial charge in [0, 0.05) is 12.7 Å². The molecule has 2 rings (SSSR count). The quantitative estimate of drug-likeness (QED) is 0.795. The molecular formula is C11H15N5O2S. The van der Waals surface area contributed by atoms with Crippen LogP contribution in [0.2, 0.25) is 0 Å². The maximum atomic E-state index is 12.4. The predicted molar refractivity (Wildman–Crippen MR) is 70.6 cm³/mol. The summed E-state index contributed by atoms with van der Waals surface area (Å²) < 4.78 is 26.1. The van der Waals surface area contributed by atoms with Gasteiger partial charge in [0.1, 0.15) is 12.2 Å². The van der Waals surface area contributed by atoms with E-state index in [1.165, 1.54) is 23.7 Å². The second kappa shape index (κ2) is 4.98. The molecule has 0 amide bonds. The molecule has 0 saturated carbocycles. The summed E-state index contributed by atoms with van der Waals surface area (Å²) in [7, 11) is -2.12. The fraction of sp³-hybridized carbons (Fsp3) is 0.273. The van der Waals surface area contributed by atoms with Crippen molar-refractivity contribution in [2.45, 2.75) is 18.4 Å². The minimum absolute atomic E-state index is 0.122. The van der Waals surface area contributed by atoms with Crippen molar-refractivity contribution < 1.29 is 8.42 Å². The predicted octanol–water partition coefficient (Wildman–Crippen LogP) is 0.516. The molecule has 0 saturated heterocycles. The van der Waals surface area contributed by atoms with Gasteiger partial charge in [0.05, 0.1) is 11.4 Å². The molecule has 1 heterocycles. The number of H-pyrrole nitrogens is 1. The van der Waals surface area contributed by atoms with Crippen molar-refractivity contribution in [2.75, 3.05) is 12.8 Å². The van der Waals surface area contributed by atoms with Crippen molar-refractivity contribution in [3.05, 3.63) is 35.9 Å². The van der Waals surface area contributed by atoms with Gasteiger partial charge in [-0.05, 0) is 24.6 Å². The molecule has 102 valence electrons. The van der Waals surface area contributed by atoms with Crippen molar-refractivity contribution >= 4 is 15.7 Å². The lowest BCUT2D eigenvalue weighted by molar-refractivity contribution is 0.457. The van der Waals surface area contributed by atoms with Gasteiger partial charge in [-0.1, -0.05) is 6.07 Å². The molecule has 0 aliphatic carbocycles. The summed E-state index contributed by atoms with van der Waals surface area (Å²) in [6.45, 7) is 1.81. The van der Waals surface area contributed by atoms with E-state index in [9.17, 15) is 8.42 Å². The molecule has 19 heavy (non-hydrogen) atoms. The number of hydrogen-bond donors (Lipinski definition) is 2. The number of benzene rings is 1. The standard InChI is InChI=1S/C11H15N5O2S/c1-8-9(12)4-3-5-10(8)19(17,18)16(2)6-11-13-7-14-15-11/h3-5,7H,6,12H2,1-2H3,(H,13,14,15). The van der Waals surface area contributed by atoms with E-state index in [4.69, 9.17) is 5.73 Å². The van der Waals surface area contributed by atoms with Gasteiger partial charge in [-0.25, -0.2) is 13.4 Å². The molecule has 0 aliphatic rings. The summed E-state index contributed by atoms with van der Waals surface area (Å²) in [6.07, 6.45) is 1.33. The normalized spacial score (nSPS) is 11.9. The average Bonchev–Trinajstić information content (AvgIpc) is 2.85. The van der Waals surface area contributed by atoms with Crippen molar-refractivity contribution in [3.63, 3.8) is 0 Å². The van der Waals surface area contributed by atoms with Crippen molar-refractivity contribution in [1.29, 1.82) is 0 Å². The van der Waals surface area contributed by atoms with Crippen LogP contribution in [0.1, 0.15) is 11.4 Å². The van der Waals surface area contributed by atoms with Gasteiger partial charge < -0.3 is 5.73 Å². The summed E-state index contributed by atoms with van der Waals surface area (Å²) >= 11 is 0. The zero-order valence-corrected chi connectivity index (χ0v) is 11.5. The zero-order valence-electron chi connectivity index (χ0n) is 10.7. The Hall–Kier alpha value is -1.93. The Kier molecular flexibility index (Phi) is 3.54. The third-order valence-electron chi connectivity index (χ3n) is 2.85. The van der Waals surface area contributed by atoms with E-state index in [-0.39, 0.29) is 11.4 Å². The van der Waals surface area contributed by atoms with Crippen LogP contribution >= 0.6 is 0 Å². The van der Waals surface area contributed by atoms with Crippen LogP contribution in [0.15, 0.2) is 29.4 Å². The van der Waals surface area contributed by atoms with Crippen LogP contribution in [0.5, 0.6) is 0 Å². The van der Waals surface area contributed by atoms with E-state index in [1.807, 2.05) is 0 Å². The Morgan fingerprint density at radius 1 is 1.42 bits per heavy atom. The summed E-state index contributed by atoms with van der Waals surface area (Å²) in [5, 5.41) is 6.31. The van der Waals surface area contributed by atoms with Crippen LogP contribution in [0.4, 0.5) is 5.69 Å². The lowest BCUT2D eigenvalue weighted by atomic mass is 10.2. The highest BCUT2D eigenvalue weighted by Crippen LogP contribution is 2.23. The van der Waals surface area contributed by atoms with E-state index in [1.54, 1.807) is 19.1 Å². The van der Waals surface area contributed by atoms with Crippen LogP contribution < -0.4 is 5.73 Å². The minimum Gasteiger partial charge on any atom is -0.398 e. The SMILES string of the molecule is Cc1c(N)cccc1S(=O)(=O)N(C)Cc1ncn[nH]1. The maximum Gasteiger partial charge on any atom is 0.243 e. The second-order valence-electron chi connectivity index (χ2n) is 4.16. The largest absolute Gasteiger partial charge is 0.398 e. The Labute approximate surface area is 111 Å². The molecule has 0 bridgehead atoms. The molecule has 0 fully saturated rings. The van der Waals surface area contributed by atoms with Crippen LogP contribution in [-0.2, 0) is 16.6 Å². The zero-order chi connectivity index (χ0) is 14.0. The number of aromatic nitrogens is 3. The highest BCUT2D eigenvalue weighted by Gasteiger charge is 2.24. The van der Waals surface area contributed by atoms with Crippen molar-refractivity contribution in [1.82, 2.24) is 19.5 Å². The molecule has 8 heteroatoms. The van der Waals surface area contributed by atoms with Crippen LogP contribution in [-0.4, -0.2) is 35.0 Å². The molecule has 0 radical (unpaired) electrons. The molecular weight excluding hydrogens is 266 g/mol. The Bertz CT molecular complexity index is 666. The molecule has 1 aromatic carbocycles. The van der Waals surface area contributed by atoms with E-state index >= 15 is 0 Å². The van der Waals surface area contributed by atoms with Gasteiger partial charge in [0.15, 0.2) is 0 Å². The minimum atomic E-state index is -3.60. The molecule has 0 unspecified atom stereocenters. The molecule has 3 N–H and O–H groups in total. The second-order valence-corrected chi connectivity index (χ2v) is 6.18. The number of nitrogen functional groups attached to an aromatic ring is 1. The van der Waals surface area contributed by atoms with E-state index in [0.29, 0.717) is 17.1 Å². The number of nitrogens with zero attached hydrogens (tertiary/aromatic N) is 3. The van der Waals surface area contributed by atoms with E-state index < -0.39 is 10.0 Å². The first-order valence-corrected chi connectivity index (χ1v) is 7.02. The lowest BCUT2D eigenvalue weighted by Crippen LogP contribution is -2.27. The first-order chi connectivity index (χ1) is 8.93. The van der Waals surface area contributed by atoms with Crippen molar-refractivity contribution in [3.8, 4) is 0 Å².